The minimum absolute atomic E-state index is 0.970. The van der Waals surface area contributed by atoms with Gasteiger partial charge < -0.3 is 0 Å². The van der Waals surface area contributed by atoms with Crippen molar-refractivity contribution >= 4 is 0 Å². The fourth-order valence-corrected chi connectivity index (χ4v) is 3.11. The van der Waals surface area contributed by atoms with Gasteiger partial charge in [0.1, 0.15) is 0 Å². The van der Waals surface area contributed by atoms with Crippen molar-refractivity contribution in [2.45, 2.75) is 26.9 Å². The highest BCUT2D eigenvalue weighted by atomic mass is 15.1. The summed E-state index contributed by atoms with van der Waals surface area (Å²) in [6.07, 6.45) is 0. The molecule has 0 fully saturated rings. The Morgan fingerprint density at radius 1 is 0.750 bits per heavy atom. The lowest BCUT2D eigenvalue weighted by Crippen LogP contribution is -2.22. The van der Waals surface area contributed by atoms with Gasteiger partial charge in [-0.15, -0.1) is 0 Å². The second-order valence-corrected chi connectivity index (χ2v) is 6.32. The molecule has 0 aliphatic heterocycles. The van der Waals surface area contributed by atoms with Crippen molar-refractivity contribution in [1.29, 1.82) is 0 Å². The van der Waals surface area contributed by atoms with E-state index < -0.39 is 0 Å². The SMILES string of the molecule is CCN(Cc1ccccc1)Cc1cc(C)ccc1-c1ccccc1. The van der Waals surface area contributed by atoms with Crippen LogP contribution in [-0.2, 0) is 13.1 Å². The van der Waals surface area contributed by atoms with Crippen LogP contribution >= 0.6 is 0 Å². The molecule has 0 heterocycles. The summed E-state index contributed by atoms with van der Waals surface area (Å²) in [6.45, 7) is 7.40. The van der Waals surface area contributed by atoms with Crippen molar-refractivity contribution in [3.8, 4) is 11.1 Å². The van der Waals surface area contributed by atoms with E-state index in [9.17, 15) is 0 Å². The Morgan fingerprint density at radius 3 is 2.08 bits per heavy atom. The Hall–Kier alpha value is -2.38. The molecule has 1 nitrogen and oxygen atoms in total. The molecule has 0 aliphatic carbocycles. The smallest absolute Gasteiger partial charge is 0.0243 e. The van der Waals surface area contributed by atoms with Crippen molar-refractivity contribution in [2.75, 3.05) is 6.54 Å². The molecule has 0 aliphatic rings. The van der Waals surface area contributed by atoms with Gasteiger partial charge in [-0.1, -0.05) is 91.3 Å². The van der Waals surface area contributed by atoms with E-state index in [4.69, 9.17) is 0 Å². The van der Waals surface area contributed by atoms with E-state index in [1.165, 1.54) is 27.8 Å². The zero-order valence-electron chi connectivity index (χ0n) is 14.6. The highest BCUT2D eigenvalue weighted by molar-refractivity contribution is 5.67. The summed E-state index contributed by atoms with van der Waals surface area (Å²) < 4.78 is 0. The van der Waals surface area contributed by atoms with E-state index in [-0.39, 0.29) is 0 Å². The van der Waals surface area contributed by atoms with Gasteiger partial charge in [-0.05, 0) is 35.7 Å². The van der Waals surface area contributed by atoms with Crippen LogP contribution in [0.5, 0.6) is 0 Å². The van der Waals surface area contributed by atoms with Gasteiger partial charge in [-0.3, -0.25) is 4.90 Å². The van der Waals surface area contributed by atoms with Crippen LogP contribution in [0.25, 0.3) is 11.1 Å². The van der Waals surface area contributed by atoms with Crippen LogP contribution in [-0.4, -0.2) is 11.4 Å². The standard InChI is InChI=1S/C23H25N/c1-3-24(17-20-10-6-4-7-11-20)18-22-16-19(2)14-15-23(22)21-12-8-5-9-13-21/h4-16H,3,17-18H2,1-2H3. The molecule has 0 amide bonds. The van der Waals surface area contributed by atoms with Crippen LogP contribution in [0.4, 0.5) is 0 Å². The molecule has 0 N–H and O–H groups in total. The molecule has 1 heteroatoms. The van der Waals surface area contributed by atoms with Gasteiger partial charge in [0.2, 0.25) is 0 Å². The molecule has 3 aromatic carbocycles. The molecule has 0 spiro atoms. The van der Waals surface area contributed by atoms with Crippen molar-refractivity contribution < 1.29 is 0 Å². The van der Waals surface area contributed by atoms with E-state index >= 15 is 0 Å². The van der Waals surface area contributed by atoms with Gasteiger partial charge in [-0.2, -0.15) is 0 Å². The first-order valence-electron chi connectivity index (χ1n) is 8.67. The van der Waals surface area contributed by atoms with Gasteiger partial charge in [0, 0.05) is 13.1 Å². The summed E-state index contributed by atoms with van der Waals surface area (Å²) in [5.41, 5.74) is 6.73. The molecule has 24 heavy (non-hydrogen) atoms. The van der Waals surface area contributed by atoms with E-state index in [1.54, 1.807) is 0 Å². The summed E-state index contributed by atoms with van der Waals surface area (Å²) in [5, 5.41) is 0. The zero-order chi connectivity index (χ0) is 16.8. The lowest BCUT2D eigenvalue weighted by atomic mass is 9.97. The molecule has 0 bridgehead atoms. The summed E-state index contributed by atoms with van der Waals surface area (Å²) in [4.78, 5) is 2.50. The molecule has 3 aromatic rings. The largest absolute Gasteiger partial charge is 0.295 e. The van der Waals surface area contributed by atoms with Gasteiger partial charge in [-0.25, -0.2) is 0 Å². The average molecular weight is 315 g/mol. The van der Waals surface area contributed by atoms with Gasteiger partial charge >= 0.3 is 0 Å². The highest BCUT2D eigenvalue weighted by Crippen LogP contribution is 2.26. The molecular formula is C23H25N. The van der Waals surface area contributed by atoms with Gasteiger partial charge in [0.15, 0.2) is 0 Å². The quantitative estimate of drug-likeness (QED) is 0.565. The van der Waals surface area contributed by atoms with E-state index in [0.717, 1.165) is 19.6 Å². The van der Waals surface area contributed by atoms with E-state index in [2.05, 4.69) is 97.6 Å². The fraction of sp³-hybridized carbons (Fsp3) is 0.217. The molecule has 0 saturated carbocycles. The Balaban J connectivity index is 1.86. The monoisotopic (exact) mass is 315 g/mol. The Morgan fingerprint density at radius 2 is 1.42 bits per heavy atom. The number of aryl methyl sites for hydroxylation is 1. The second kappa shape index (κ2) is 7.94. The van der Waals surface area contributed by atoms with Gasteiger partial charge in [0.25, 0.3) is 0 Å². The third-order valence-corrected chi connectivity index (χ3v) is 4.44. The molecular weight excluding hydrogens is 290 g/mol. The number of hydrogen-bond acceptors (Lipinski definition) is 1. The zero-order valence-corrected chi connectivity index (χ0v) is 14.6. The summed E-state index contributed by atoms with van der Waals surface area (Å²) in [5.74, 6) is 0. The average Bonchev–Trinajstić information content (AvgIpc) is 2.63. The lowest BCUT2D eigenvalue weighted by molar-refractivity contribution is 0.272. The molecule has 0 atom stereocenters. The minimum Gasteiger partial charge on any atom is -0.295 e. The maximum atomic E-state index is 2.50. The minimum atomic E-state index is 0.970. The predicted molar refractivity (Wildman–Crippen MR) is 103 cm³/mol. The number of rotatable bonds is 6. The van der Waals surface area contributed by atoms with Crippen LogP contribution in [0.2, 0.25) is 0 Å². The Kier molecular flexibility index (Phi) is 5.45. The van der Waals surface area contributed by atoms with E-state index in [0.29, 0.717) is 0 Å². The summed E-state index contributed by atoms with van der Waals surface area (Å²) in [6, 6.07) is 28.2. The van der Waals surface area contributed by atoms with Gasteiger partial charge in [0.05, 0.1) is 0 Å². The molecule has 0 radical (unpaired) electrons. The lowest BCUT2D eigenvalue weighted by Gasteiger charge is -2.23. The normalized spacial score (nSPS) is 11.0. The van der Waals surface area contributed by atoms with Crippen LogP contribution in [0.1, 0.15) is 23.6 Å². The molecule has 0 unspecified atom stereocenters. The van der Waals surface area contributed by atoms with Crippen molar-refractivity contribution in [3.05, 3.63) is 95.6 Å². The topological polar surface area (TPSA) is 3.24 Å². The molecule has 3 rings (SSSR count). The van der Waals surface area contributed by atoms with Crippen molar-refractivity contribution in [3.63, 3.8) is 0 Å². The van der Waals surface area contributed by atoms with Crippen molar-refractivity contribution in [1.82, 2.24) is 4.90 Å². The molecule has 0 saturated heterocycles. The third kappa shape index (κ3) is 4.12. The predicted octanol–water partition coefficient (Wildman–Crippen LogP) is 5.68. The maximum absolute atomic E-state index is 2.50. The summed E-state index contributed by atoms with van der Waals surface area (Å²) in [7, 11) is 0. The first-order chi connectivity index (χ1) is 11.8. The van der Waals surface area contributed by atoms with Crippen LogP contribution in [0, 0.1) is 6.92 Å². The van der Waals surface area contributed by atoms with Crippen LogP contribution < -0.4 is 0 Å². The summed E-state index contributed by atoms with van der Waals surface area (Å²) >= 11 is 0. The number of hydrogen-bond donors (Lipinski definition) is 0. The van der Waals surface area contributed by atoms with Crippen LogP contribution in [0.15, 0.2) is 78.9 Å². The number of benzene rings is 3. The first kappa shape index (κ1) is 16.5. The molecule has 0 aromatic heterocycles. The second-order valence-electron chi connectivity index (χ2n) is 6.32. The Bertz CT molecular complexity index is 763. The van der Waals surface area contributed by atoms with E-state index in [1.807, 2.05) is 0 Å². The third-order valence-electron chi connectivity index (χ3n) is 4.44. The highest BCUT2D eigenvalue weighted by Gasteiger charge is 2.10. The number of nitrogens with zero attached hydrogens (tertiary/aromatic N) is 1. The Labute approximate surface area is 145 Å². The maximum Gasteiger partial charge on any atom is 0.0243 e. The van der Waals surface area contributed by atoms with Crippen LogP contribution in [0.3, 0.4) is 0 Å². The first-order valence-corrected chi connectivity index (χ1v) is 8.67. The van der Waals surface area contributed by atoms with Crippen molar-refractivity contribution in [2.24, 2.45) is 0 Å². The fourth-order valence-electron chi connectivity index (χ4n) is 3.11. The molecule has 122 valence electrons.